The van der Waals surface area contributed by atoms with E-state index < -0.39 is 0 Å². The molecule has 1 heterocycles. The number of rotatable bonds is 2. The molecule has 0 saturated heterocycles. The fourth-order valence-electron chi connectivity index (χ4n) is 1.90. The van der Waals surface area contributed by atoms with Gasteiger partial charge in [-0.25, -0.2) is 0 Å². The van der Waals surface area contributed by atoms with Crippen LogP contribution < -0.4 is 33.4 Å². The molecule has 19 heavy (non-hydrogen) atoms. The molecule has 0 aliphatic carbocycles. The number of aromatic nitrogens is 2. The maximum atomic E-state index is 5.91. The predicted octanol–water partition coefficient (Wildman–Crippen LogP) is -0.144. The zero-order valence-electron chi connectivity index (χ0n) is 10.5. The molecule has 0 fully saturated rings. The number of halogens is 1. The van der Waals surface area contributed by atoms with Crippen LogP contribution in [-0.4, -0.2) is 5.10 Å². The number of ether oxygens (including phenoxy) is 1. The van der Waals surface area contributed by atoms with E-state index in [1.54, 1.807) is 4.68 Å². The zero-order chi connectivity index (χ0) is 12.4. The fourth-order valence-corrected chi connectivity index (χ4v) is 1.90. The Morgan fingerprint density at radius 2 is 1.63 bits per heavy atom. The van der Waals surface area contributed by atoms with Gasteiger partial charge < -0.3 is 28.7 Å². The highest BCUT2D eigenvalue weighted by atomic mass is 127. The van der Waals surface area contributed by atoms with Crippen LogP contribution in [0.15, 0.2) is 60.8 Å². The molecule has 2 aromatic carbocycles. The fraction of sp³-hybridized carbons (Fsp3) is 0.0667. The summed E-state index contributed by atoms with van der Waals surface area (Å²) in [6, 6.07) is 17.7. The van der Waals surface area contributed by atoms with Crippen molar-refractivity contribution in [1.29, 1.82) is 0 Å². The monoisotopic (exact) mass is 364 g/mol. The van der Waals surface area contributed by atoms with Crippen molar-refractivity contribution in [1.82, 2.24) is 5.10 Å². The minimum atomic E-state index is 0. The number of para-hydroxylation sites is 1. The molecule has 0 radical (unpaired) electrons. The summed E-state index contributed by atoms with van der Waals surface area (Å²) in [5.74, 6) is 1.64. The Kier molecular flexibility index (Phi) is 4.31. The van der Waals surface area contributed by atoms with Crippen LogP contribution in [0.5, 0.6) is 11.5 Å². The Balaban J connectivity index is 0.00000133. The Hall–Kier alpha value is -1.69. The molecule has 0 aliphatic heterocycles. The highest BCUT2D eigenvalue weighted by molar-refractivity contribution is 5.83. The predicted molar refractivity (Wildman–Crippen MR) is 69.4 cm³/mol. The van der Waals surface area contributed by atoms with E-state index in [1.807, 2.05) is 67.8 Å². The Labute approximate surface area is 128 Å². The maximum Gasteiger partial charge on any atom is 0.239 e. The van der Waals surface area contributed by atoms with Crippen molar-refractivity contribution in [2.45, 2.75) is 0 Å². The van der Waals surface area contributed by atoms with Crippen molar-refractivity contribution in [2.24, 2.45) is 7.05 Å². The molecule has 0 amide bonds. The first-order valence-corrected chi connectivity index (χ1v) is 5.81. The summed E-state index contributed by atoms with van der Waals surface area (Å²) >= 11 is 0. The molecule has 0 N–H and O–H groups in total. The highest BCUT2D eigenvalue weighted by Crippen LogP contribution is 2.26. The molecular formula is C15H13IN2O. The van der Waals surface area contributed by atoms with E-state index in [9.17, 15) is 0 Å². The Morgan fingerprint density at radius 3 is 2.42 bits per heavy atom. The topological polar surface area (TPSA) is 26.0 Å². The van der Waals surface area contributed by atoms with E-state index in [1.165, 1.54) is 0 Å². The van der Waals surface area contributed by atoms with Crippen LogP contribution in [0.2, 0.25) is 0 Å². The molecule has 0 aliphatic rings. The summed E-state index contributed by atoms with van der Waals surface area (Å²) in [4.78, 5) is 0. The van der Waals surface area contributed by atoms with Gasteiger partial charge in [-0.05, 0) is 24.3 Å². The summed E-state index contributed by atoms with van der Waals surface area (Å²) in [5, 5.41) is 5.43. The van der Waals surface area contributed by atoms with Crippen molar-refractivity contribution in [3.63, 3.8) is 0 Å². The summed E-state index contributed by atoms with van der Waals surface area (Å²) < 4.78 is 7.68. The second kappa shape index (κ2) is 5.97. The zero-order valence-corrected chi connectivity index (χ0v) is 12.6. The molecule has 96 valence electrons. The number of hydrogen-bond acceptors (Lipinski definition) is 2. The average Bonchev–Trinajstić information content (AvgIpc) is 2.40. The van der Waals surface area contributed by atoms with Crippen LogP contribution in [0.1, 0.15) is 0 Å². The van der Waals surface area contributed by atoms with E-state index >= 15 is 0 Å². The van der Waals surface area contributed by atoms with Crippen LogP contribution in [0, 0.1) is 0 Å². The first kappa shape index (κ1) is 13.7. The first-order valence-electron chi connectivity index (χ1n) is 5.81. The minimum absolute atomic E-state index is 0. The third-order valence-electron chi connectivity index (χ3n) is 2.71. The van der Waals surface area contributed by atoms with Crippen LogP contribution in [0.3, 0.4) is 0 Å². The van der Waals surface area contributed by atoms with Gasteiger partial charge >= 0.3 is 0 Å². The van der Waals surface area contributed by atoms with Gasteiger partial charge in [-0.3, -0.25) is 0 Å². The lowest BCUT2D eigenvalue weighted by molar-refractivity contribution is -0.728. The number of hydrogen-bond donors (Lipinski definition) is 0. The third kappa shape index (κ3) is 3.01. The standard InChI is InChI=1S/C15H13N2O.HI/c1-17-11-15(18-12-7-3-2-4-8-12)13-9-5-6-10-14(13)16-17;/h2-11H,1H3;1H/q+1;/p-1. The van der Waals surface area contributed by atoms with Crippen molar-refractivity contribution in [2.75, 3.05) is 0 Å². The summed E-state index contributed by atoms with van der Waals surface area (Å²) in [5.41, 5.74) is 0.924. The largest absolute Gasteiger partial charge is 1.00 e. The molecule has 0 saturated carbocycles. The van der Waals surface area contributed by atoms with E-state index in [-0.39, 0.29) is 24.0 Å². The van der Waals surface area contributed by atoms with Gasteiger partial charge in [0.15, 0.2) is 7.05 Å². The van der Waals surface area contributed by atoms with Crippen molar-refractivity contribution >= 4 is 10.9 Å². The molecule has 4 heteroatoms. The smallest absolute Gasteiger partial charge is 0.239 e. The van der Waals surface area contributed by atoms with Crippen molar-refractivity contribution in [3.05, 3.63) is 60.8 Å². The van der Waals surface area contributed by atoms with Gasteiger partial charge in [0.1, 0.15) is 11.3 Å². The SMILES string of the molecule is C[n+]1cc(Oc2ccccc2)c2ccccc2n1.[I-]. The molecule has 0 spiro atoms. The van der Waals surface area contributed by atoms with E-state index in [0.717, 1.165) is 22.4 Å². The second-order valence-electron chi connectivity index (χ2n) is 4.10. The Bertz CT molecular complexity index is 686. The molecule has 0 bridgehead atoms. The van der Waals surface area contributed by atoms with Gasteiger partial charge in [-0.1, -0.05) is 35.0 Å². The summed E-state index contributed by atoms with van der Waals surface area (Å²) in [6.07, 6.45) is 1.88. The van der Waals surface area contributed by atoms with E-state index in [4.69, 9.17) is 4.74 Å². The van der Waals surface area contributed by atoms with Gasteiger partial charge in [0.25, 0.3) is 0 Å². The number of nitrogens with zero attached hydrogens (tertiary/aromatic N) is 2. The maximum absolute atomic E-state index is 5.91. The third-order valence-corrected chi connectivity index (χ3v) is 2.71. The molecule has 3 rings (SSSR count). The molecule has 3 nitrogen and oxygen atoms in total. The lowest BCUT2D eigenvalue weighted by Crippen LogP contribution is -3.00. The quantitative estimate of drug-likeness (QED) is 0.467. The van der Waals surface area contributed by atoms with Gasteiger partial charge in [0.2, 0.25) is 11.9 Å². The normalized spacial score (nSPS) is 9.95. The van der Waals surface area contributed by atoms with Gasteiger partial charge in [-0.15, -0.1) is 0 Å². The van der Waals surface area contributed by atoms with Crippen molar-refractivity contribution in [3.8, 4) is 11.5 Å². The summed E-state index contributed by atoms with van der Waals surface area (Å²) in [6.45, 7) is 0. The number of aryl methyl sites for hydroxylation is 1. The van der Waals surface area contributed by atoms with Crippen molar-refractivity contribution < 1.29 is 33.4 Å². The van der Waals surface area contributed by atoms with Gasteiger partial charge in [0.05, 0.1) is 5.39 Å². The van der Waals surface area contributed by atoms with Crippen LogP contribution in [0.25, 0.3) is 10.9 Å². The molecular weight excluding hydrogens is 351 g/mol. The average molecular weight is 364 g/mol. The van der Waals surface area contributed by atoms with Gasteiger partial charge in [-0.2, -0.15) is 0 Å². The van der Waals surface area contributed by atoms with E-state index in [2.05, 4.69) is 5.10 Å². The molecule has 0 atom stereocenters. The lowest BCUT2D eigenvalue weighted by Gasteiger charge is -2.05. The number of fused-ring (bicyclic) bond motifs is 1. The number of benzene rings is 2. The van der Waals surface area contributed by atoms with Crippen LogP contribution in [0.4, 0.5) is 0 Å². The Morgan fingerprint density at radius 1 is 0.947 bits per heavy atom. The van der Waals surface area contributed by atoms with Crippen LogP contribution >= 0.6 is 0 Å². The van der Waals surface area contributed by atoms with E-state index in [0.29, 0.717) is 0 Å². The minimum Gasteiger partial charge on any atom is -1.00 e. The molecule has 0 unspecified atom stereocenters. The first-order chi connectivity index (χ1) is 8.83. The summed E-state index contributed by atoms with van der Waals surface area (Å²) in [7, 11) is 1.89. The lowest BCUT2D eigenvalue weighted by atomic mass is 10.2. The van der Waals surface area contributed by atoms with Gasteiger partial charge in [0, 0.05) is 5.10 Å². The second-order valence-corrected chi connectivity index (χ2v) is 4.10. The van der Waals surface area contributed by atoms with Crippen LogP contribution in [-0.2, 0) is 7.05 Å². The molecule has 3 aromatic rings. The molecule has 1 aromatic heterocycles. The highest BCUT2D eigenvalue weighted by Gasteiger charge is 2.10.